The number of rotatable bonds is 5. The Kier molecular flexibility index (Phi) is 5.75. The summed E-state index contributed by atoms with van der Waals surface area (Å²) in [5.41, 5.74) is -1.22. The molecule has 4 rings (SSSR count). The van der Waals surface area contributed by atoms with Crippen LogP contribution in [0, 0.1) is 5.92 Å². The fourth-order valence-corrected chi connectivity index (χ4v) is 4.98. The van der Waals surface area contributed by atoms with Gasteiger partial charge in [-0.05, 0) is 18.6 Å². The van der Waals surface area contributed by atoms with Crippen molar-refractivity contribution in [3.63, 3.8) is 0 Å². The molecule has 0 fully saturated rings. The summed E-state index contributed by atoms with van der Waals surface area (Å²) in [5, 5.41) is 18.2. The van der Waals surface area contributed by atoms with E-state index < -0.39 is 33.1 Å². The number of nitrogens with one attached hydrogen (secondary N) is 1. The van der Waals surface area contributed by atoms with Crippen molar-refractivity contribution in [2.75, 3.05) is 19.5 Å². The average Bonchev–Trinajstić information content (AvgIpc) is 3.08. The van der Waals surface area contributed by atoms with E-state index in [0.29, 0.717) is 5.70 Å². The van der Waals surface area contributed by atoms with Crippen molar-refractivity contribution in [1.29, 1.82) is 0 Å². The van der Waals surface area contributed by atoms with Gasteiger partial charge < -0.3 is 24.6 Å². The number of hydrogen-bond acceptors (Lipinski definition) is 9. The molecular weight excluding hydrogens is 488 g/mol. The molecule has 0 bridgehead atoms. The lowest BCUT2D eigenvalue weighted by Crippen LogP contribution is -2.55. The number of halogens is 1. The Morgan fingerprint density at radius 2 is 1.88 bits per heavy atom. The van der Waals surface area contributed by atoms with Crippen LogP contribution in [0.4, 0.5) is 5.69 Å². The first-order chi connectivity index (χ1) is 15.9. The number of sulfonamides is 1. The van der Waals surface area contributed by atoms with Gasteiger partial charge in [-0.15, -0.1) is 0 Å². The molecule has 1 heterocycles. The van der Waals surface area contributed by atoms with E-state index in [1.807, 2.05) is 0 Å². The molecule has 2 aromatic carbocycles. The maximum atomic E-state index is 13.5. The van der Waals surface area contributed by atoms with E-state index in [9.17, 15) is 23.1 Å². The molecule has 2 atom stereocenters. The molecule has 2 aromatic rings. The molecule has 0 aromatic heterocycles. The minimum absolute atomic E-state index is 0.0177. The zero-order valence-electron chi connectivity index (χ0n) is 18.3. The van der Waals surface area contributed by atoms with Crippen LogP contribution < -0.4 is 24.7 Å². The van der Waals surface area contributed by atoms with Gasteiger partial charge in [0, 0.05) is 29.8 Å². The summed E-state index contributed by atoms with van der Waals surface area (Å²) in [7, 11) is -1.21. The van der Waals surface area contributed by atoms with Crippen molar-refractivity contribution >= 4 is 38.9 Å². The number of primary sulfonamides is 1. The van der Waals surface area contributed by atoms with E-state index in [2.05, 4.69) is 5.32 Å². The molecule has 0 saturated heterocycles. The van der Waals surface area contributed by atoms with Crippen molar-refractivity contribution in [2.45, 2.75) is 23.8 Å². The van der Waals surface area contributed by atoms with Gasteiger partial charge in [-0.2, -0.15) is 0 Å². The predicted molar refractivity (Wildman–Crippen MR) is 122 cm³/mol. The minimum atomic E-state index is -4.00. The van der Waals surface area contributed by atoms with Gasteiger partial charge in [-0.25, -0.2) is 13.6 Å². The van der Waals surface area contributed by atoms with Gasteiger partial charge in [0.2, 0.25) is 27.2 Å². The molecule has 180 valence electrons. The first-order valence-corrected chi connectivity index (χ1v) is 11.9. The number of methoxy groups -OCH3 is 2. The third-order valence-corrected chi connectivity index (χ3v) is 7.17. The van der Waals surface area contributed by atoms with E-state index in [1.165, 1.54) is 38.5 Å². The molecular formula is C22H21ClN2O8S. The third kappa shape index (κ3) is 3.56. The van der Waals surface area contributed by atoms with Gasteiger partial charge in [0.15, 0.2) is 5.75 Å². The number of carbonyl (C=O) groups excluding carboxylic acids is 2. The third-order valence-electron chi connectivity index (χ3n) is 5.90. The second kappa shape index (κ2) is 8.19. The second-order valence-corrected chi connectivity index (χ2v) is 9.89. The van der Waals surface area contributed by atoms with Crippen molar-refractivity contribution in [2.24, 2.45) is 11.1 Å². The Morgan fingerprint density at radius 1 is 1.21 bits per heavy atom. The Balaban J connectivity index is 1.69. The van der Waals surface area contributed by atoms with E-state index >= 15 is 0 Å². The lowest BCUT2D eigenvalue weighted by molar-refractivity contribution is -0.129. The number of fused-ring (bicyclic) bond motifs is 1. The van der Waals surface area contributed by atoms with Crippen LogP contribution in [0.15, 0.2) is 40.9 Å². The summed E-state index contributed by atoms with van der Waals surface area (Å²) in [4.78, 5) is 26.5. The van der Waals surface area contributed by atoms with Gasteiger partial charge in [-0.3, -0.25) is 9.59 Å². The minimum Gasteiger partial charge on any atom is -0.506 e. The summed E-state index contributed by atoms with van der Waals surface area (Å²) in [5.74, 6) is -1.78. The number of nitrogens with two attached hydrogens (primary N) is 1. The van der Waals surface area contributed by atoms with Gasteiger partial charge in [0.05, 0.1) is 24.8 Å². The zero-order chi connectivity index (χ0) is 25.0. The molecule has 1 aliphatic heterocycles. The average molecular weight is 509 g/mol. The Bertz CT molecular complexity index is 1370. The molecule has 2 aliphatic rings. The highest BCUT2D eigenvalue weighted by Gasteiger charge is 2.60. The molecule has 1 spiro atoms. The number of phenolic OH excluding ortho intramolecular Hbond substituents is 1. The van der Waals surface area contributed by atoms with Crippen LogP contribution in [0.2, 0.25) is 5.02 Å². The van der Waals surface area contributed by atoms with E-state index in [0.717, 1.165) is 6.07 Å². The molecule has 4 N–H and O–H groups in total. The number of ether oxygens (including phenoxy) is 3. The quantitative estimate of drug-likeness (QED) is 0.408. The fourth-order valence-electron chi connectivity index (χ4n) is 4.18. The van der Waals surface area contributed by atoms with Crippen LogP contribution in [0.1, 0.15) is 23.7 Å². The molecule has 10 nitrogen and oxygen atoms in total. The lowest BCUT2D eigenvalue weighted by Gasteiger charge is -2.35. The van der Waals surface area contributed by atoms with E-state index in [-0.39, 0.29) is 50.6 Å². The van der Waals surface area contributed by atoms with Gasteiger partial charge in [0.1, 0.15) is 27.8 Å². The summed E-state index contributed by atoms with van der Waals surface area (Å²) in [6.07, 6.45) is 1.41. The summed E-state index contributed by atoms with van der Waals surface area (Å²) >= 11 is 6.37. The van der Waals surface area contributed by atoms with Crippen molar-refractivity contribution in [3.05, 3.63) is 46.6 Å². The van der Waals surface area contributed by atoms with Crippen LogP contribution >= 0.6 is 11.6 Å². The SMILES string of the molecule is COc1cc(OC)c2c(c1Cl)O[C@@]1(C(=O)C=C(Nc3ccc(S(N)(=O)=O)cc3O)C[C@H]1C)C2=O. The first-order valence-electron chi connectivity index (χ1n) is 10.00. The number of ketones is 2. The number of benzene rings is 2. The largest absolute Gasteiger partial charge is 0.506 e. The zero-order valence-corrected chi connectivity index (χ0v) is 19.9. The fraction of sp³-hybridized carbons (Fsp3) is 0.273. The smallest absolute Gasteiger partial charge is 0.238 e. The van der Waals surface area contributed by atoms with Crippen molar-refractivity contribution in [3.8, 4) is 23.0 Å². The number of hydrogen-bond donors (Lipinski definition) is 3. The molecule has 0 radical (unpaired) electrons. The highest BCUT2D eigenvalue weighted by atomic mass is 35.5. The highest BCUT2D eigenvalue weighted by molar-refractivity contribution is 7.89. The normalized spacial score (nSPS) is 21.7. The first kappa shape index (κ1) is 23.9. The van der Waals surface area contributed by atoms with Crippen LogP contribution in [0.25, 0.3) is 0 Å². The van der Waals surface area contributed by atoms with E-state index in [4.69, 9.17) is 31.0 Å². The molecule has 0 unspecified atom stereocenters. The molecule has 1 aliphatic carbocycles. The monoisotopic (exact) mass is 508 g/mol. The number of anilines is 1. The summed E-state index contributed by atoms with van der Waals surface area (Å²) in [6, 6.07) is 4.99. The van der Waals surface area contributed by atoms with Crippen LogP contribution in [-0.2, 0) is 14.8 Å². The Morgan fingerprint density at radius 3 is 2.44 bits per heavy atom. The summed E-state index contributed by atoms with van der Waals surface area (Å²) in [6.45, 7) is 1.68. The number of Topliss-reactive ketones (excluding diaryl/α,β-unsaturated/α-hetero) is 1. The van der Waals surface area contributed by atoms with E-state index in [1.54, 1.807) is 6.92 Å². The maximum Gasteiger partial charge on any atom is 0.238 e. The number of phenols is 1. The molecule has 0 amide bonds. The molecule has 12 heteroatoms. The number of allylic oxidation sites excluding steroid dienone is 1. The number of aromatic hydroxyl groups is 1. The standard InChI is InChI=1S/C22H21ClN2O8S/c1-10-6-11(25-13-5-4-12(8-14(13)26)34(24,29)30)7-17(27)22(10)21(28)18-15(31-2)9-16(32-3)19(23)20(18)33-22/h4-5,7-10,25-26H,6H2,1-3H3,(H2,24,29,30)/t10-,22+/m1/s1. The lowest BCUT2D eigenvalue weighted by atomic mass is 9.74. The van der Waals surface area contributed by atoms with Crippen LogP contribution in [-0.4, -0.2) is 44.9 Å². The predicted octanol–water partition coefficient (Wildman–Crippen LogP) is 2.63. The van der Waals surface area contributed by atoms with Gasteiger partial charge in [-0.1, -0.05) is 18.5 Å². The number of carbonyl (C=O) groups is 2. The highest BCUT2D eigenvalue weighted by Crippen LogP contribution is 2.53. The molecule has 34 heavy (non-hydrogen) atoms. The Hall–Kier alpha value is -3.28. The van der Waals surface area contributed by atoms with Crippen molar-refractivity contribution in [1.82, 2.24) is 0 Å². The maximum absolute atomic E-state index is 13.5. The van der Waals surface area contributed by atoms with Crippen LogP contribution in [0.5, 0.6) is 23.0 Å². The Labute approximate surface area is 200 Å². The topological polar surface area (TPSA) is 154 Å². The van der Waals surface area contributed by atoms with Gasteiger partial charge in [0.25, 0.3) is 0 Å². The van der Waals surface area contributed by atoms with Crippen LogP contribution in [0.3, 0.4) is 0 Å². The second-order valence-electron chi connectivity index (χ2n) is 7.95. The molecule has 0 saturated carbocycles. The van der Waals surface area contributed by atoms with Crippen molar-refractivity contribution < 1.29 is 37.3 Å². The van der Waals surface area contributed by atoms with Gasteiger partial charge >= 0.3 is 0 Å². The summed E-state index contributed by atoms with van der Waals surface area (Å²) < 4.78 is 39.4.